The number of rotatable bonds is 5. The van der Waals surface area contributed by atoms with Crippen molar-refractivity contribution in [2.45, 2.75) is 39.0 Å². The van der Waals surface area contributed by atoms with Crippen LogP contribution in [-0.2, 0) is 6.42 Å². The molecule has 0 aliphatic rings. The maximum Gasteiger partial charge on any atom is 0.128 e. The van der Waals surface area contributed by atoms with E-state index in [1.807, 2.05) is 0 Å². The van der Waals surface area contributed by atoms with Gasteiger partial charge in [0.25, 0.3) is 0 Å². The lowest BCUT2D eigenvalue weighted by molar-refractivity contribution is 0.666. The van der Waals surface area contributed by atoms with Crippen LogP contribution in [0.4, 0.5) is 0 Å². The number of aromatic amines is 1. The molecule has 5 heteroatoms. The summed E-state index contributed by atoms with van der Waals surface area (Å²) < 4.78 is 2.08. The van der Waals surface area contributed by atoms with Crippen LogP contribution in [0.1, 0.15) is 38.2 Å². The maximum absolute atomic E-state index is 4.17. The highest BCUT2D eigenvalue weighted by molar-refractivity contribution is 9.11. The minimum absolute atomic E-state index is 0.884. The number of H-pyrrole nitrogens is 1. The Morgan fingerprint density at radius 1 is 1.12 bits per heavy atom. The van der Waals surface area contributed by atoms with Crippen molar-refractivity contribution in [2.75, 3.05) is 0 Å². The van der Waals surface area contributed by atoms with Gasteiger partial charge in [-0.15, -0.1) is 0 Å². The Kier molecular flexibility index (Phi) is 4.56. The van der Waals surface area contributed by atoms with E-state index in [1.165, 1.54) is 31.2 Å². The summed E-state index contributed by atoms with van der Waals surface area (Å²) >= 11 is 7.16. The normalized spacial score (nSPS) is 11.2. The quantitative estimate of drug-likeness (QED) is 0.791. The van der Waals surface area contributed by atoms with E-state index >= 15 is 0 Å². The first-order chi connectivity index (χ1) is 8.24. The second-order valence-corrected chi connectivity index (χ2v) is 5.81. The number of aromatic nitrogens is 3. The Balaban J connectivity index is 2.19. The van der Waals surface area contributed by atoms with E-state index in [9.17, 15) is 0 Å². The number of benzene rings is 1. The van der Waals surface area contributed by atoms with Crippen molar-refractivity contribution >= 4 is 42.9 Å². The Hall–Kier alpha value is -0.420. The molecule has 0 unspecified atom stereocenters. The molecule has 0 saturated carbocycles. The second-order valence-electron chi connectivity index (χ2n) is 4.16. The molecule has 92 valence electrons. The summed E-state index contributed by atoms with van der Waals surface area (Å²) in [5.41, 5.74) is 3.09. The standard InChI is InChI=1S/C12H15Br2N3/c1-2-3-4-5-6-8-7-9(13)11-12(10(8)14)16-17-15-11/h7H,2-6H2,1H3,(H,15,16,17). The number of hydrogen-bond acceptors (Lipinski definition) is 2. The monoisotopic (exact) mass is 359 g/mol. The average molecular weight is 361 g/mol. The van der Waals surface area contributed by atoms with Crippen molar-refractivity contribution < 1.29 is 0 Å². The minimum Gasteiger partial charge on any atom is -0.197 e. The molecule has 1 heterocycles. The molecule has 2 aromatic rings. The average Bonchev–Trinajstić information content (AvgIpc) is 2.80. The summed E-state index contributed by atoms with van der Waals surface area (Å²) in [7, 11) is 0. The zero-order valence-corrected chi connectivity index (χ0v) is 12.9. The van der Waals surface area contributed by atoms with E-state index in [4.69, 9.17) is 0 Å². The van der Waals surface area contributed by atoms with Gasteiger partial charge in [0.15, 0.2) is 0 Å². The summed E-state index contributed by atoms with van der Waals surface area (Å²) in [4.78, 5) is 0. The number of nitrogens with zero attached hydrogens (tertiary/aromatic N) is 2. The van der Waals surface area contributed by atoms with Crippen LogP contribution in [0.2, 0.25) is 0 Å². The summed E-state index contributed by atoms with van der Waals surface area (Å²) in [6.07, 6.45) is 6.18. The summed E-state index contributed by atoms with van der Waals surface area (Å²) in [5.74, 6) is 0. The lowest BCUT2D eigenvalue weighted by Crippen LogP contribution is -1.90. The third-order valence-corrected chi connectivity index (χ3v) is 4.35. The molecule has 0 bridgehead atoms. The molecule has 0 amide bonds. The smallest absolute Gasteiger partial charge is 0.128 e. The van der Waals surface area contributed by atoms with E-state index in [0.29, 0.717) is 0 Å². The van der Waals surface area contributed by atoms with Crippen LogP contribution in [0.25, 0.3) is 11.0 Å². The molecule has 0 fully saturated rings. The van der Waals surface area contributed by atoms with Crippen LogP contribution in [0.15, 0.2) is 15.0 Å². The van der Waals surface area contributed by atoms with Crippen LogP contribution in [0.3, 0.4) is 0 Å². The molecule has 0 aliphatic carbocycles. The number of halogens is 2. The van der Waals surface area contributed by atoms with Gasteiger partial charge in [0.05, 0.1) is 4.47 Å². The predicted octanol–water partition coefficient (Wildman–Crippen LogP) is 4.61. The van der Waals surface area contributed by atoms with E-state index in [1.54, 1.807) is 0 Å². The first-order valence-electron chi connectivity index (χ1n) is 5.91. The largest absolute Gasteiger partial charge is 0.197 e. The van der Waals surface area contributed by atoms with Gasteiger partial charge in [-0.05, 0) is 56.3 Å². The van der Waals surface area contributed by atoms with Gasteiger partial charge in [-0.25, -0.2) is 0 Å². The molecule has 0 saturated heterocycles. The van der Waals surface area contributed by atoms with Crippen molar-refractivity contribution in [3.8, 4) is 0 Å². The highest BCUT2D eigenvalue weighted by atomic mass is 79.9. The van der Waals surface area contributed by atoms with E-state index in [-0.39, 0.29) is 0 Å². The Morgan fingerprint density at radius 2 is 1.88 bits per heavy atom. The van der Waals surface area contributed by atoms with Crippen molar-refractivity contribution in [2.24, 2.45) is 0 Å². The van der Waals surface area contributed by atoms with Crippen molar-refractivity contribution in [1.29, 1.82) is 0 Å². The van der Waals surface area contributed by atoms with Crippen LogP contribution in [0, 0.1) is 0 Å². The van der Waals surface area contributed by atoms with Gasteiger partial charge in [-0.1, -0.05) is 26.2 Å². The number of fused-ring (bicyclic) bond motifs is 1. The van der Waals surface area contributed by atoms with Gasteiger partial charge in [-0.3, -0.25) is 0 Å². The molecule has 1 N–H and O–H groups in total. The van der Waals surface area contributed by atoms with Gasteiger partial charge in [0, 0.05) is 4.47 Å². The first-order valence-corrected chi connectivity index (χ1v) is 7.50. The third kappa shape index (κ3) is 2.88. The Bertz CT molecular complexity index is 508. The van der Waals surface area contributed by atoms with E-state index in [0.717, 1.165) is 26.4 Å². The molecular weight excluding hydrogens is 346 g/mol. The number of nitrogens with one attached hydrogen (secondary N) is 1. The number of hydrogen-bond donors (Lipinski definition) is 1. The number of unbranched alkanes of at least 4 members (excludes halogenated alkanes) is 3. The molecule has 0 radical (unpaired) electrons. The van der Waals surface area contributed by atoms with E-state index in [2.05, 4.69) is 60.3 Å². The van der Waals surface area contributed by atoms with Gasteiger partial charge >= 0.3 is 0 Å². The summed E-state index contributed by atoms with van der Waals surface area (Å²) in [6.45, 7) is 2.23. The van der Waals surface area contributed by atoms with Gasteiger partial charge in [0.2, 0.25) is 0 Å². The maximum atomic E-state index is 4.17. The highest BCUT2D eigenvalue weighted by Crippen LogP contribution is 2.31. The van der Waals surface area contributed by atoms with Crippen LogP contribution in [0.5, 0.6) is 0 Å². The minimum atomic E-state index is 0.884. The molecule has 3 nitrogen and oxygen atoms in total. The third-order valence-electron chi connectivity index (χ3n) is 2.86. The molecule has 0 spiro atoms. The fourth-order valence-corrected chi connectivity index (χ4v) is 3.05. The molecule has 1 aromatic carbocycles. The Morgan fingerprint density at radius 3 is 2.65 bits per heavy atom. The zero-order valence-electron chi connectivity index (χ0n) is 9.76. The molecule has 0 atom stereocenters. The molecule has 1 aromatic heterocycles. The van der Waals surface area contributed by atoms with E-state index < -0.39 is 0 Å². The fourth-order valence-electron chi connectivity index (χ4n) is 1.91. The van der Waals surface area contributed by atoms with Crippen LogP contribution < -0.4 is 0 Å². The second kappa shape index (κ2) is 5.96. The molecule has 17 heavy (non-hydrogen) atoms. The zero-order chi connectivity index (χ0) is 12.3. The van der Waals surface area contributed by atoms with Crippen molar-refractivity contribution in [3.63, 3.8) is 0 Å². The summed E-state index contributed by atoms with van der Waals surface area (Å²) in [6, 6.07) is 2.14. The lowest BCUT2D eigenvalue weighted by atomic mass is 10.1. The van der Waals surface area contributed by atoms with Crippen molar-refractivity contribution in [1.82, 2.24) is 15.4 Å². The fraction of sp³-hybridized carbons (Fsp3) is 0.500. The molecule has 2 rings (SSSR count). The van der Waals surface area contributed by atoms with Crippen LogP contribution >= 0.6 is 31.9 Å². The van der Waals surface area contributed by atoms with Gasteiger partial charge in [0.1, 0.15) is 11.0 Å². The topological polar surface area (TPSA) is 41.6 Å². The summed E-state index contributed by atoms with van der Waals surface area (Å²) in [5, 5.41) is 11.0. The molecule has 0 aliphatic heterocycles. The molecular formula is C12H15Br2N3. The Labute approximate surface area is 118 Å². The SMILES string of the molecule is CCCCCCc1cc(Br)c2n[nH]nc2c1Br. The number of aryl methyl sites for hydroxylation is 1. The van der Waals surface area contributed by atoms with Gasteiger partial charge < -0.3 is 0 Å². The first kappa shape index (κ1) is 13.0. The lowest BCUT2D eigenvalue weighted by Gasteiger charge is -2.05. The van der Waals surface area contributed by atoms with Crippen molar-refractivity contribution in [3.05, 3.63) is 20.6 Å². The van der Waals surface area contributed by atoms with Crippen LogP contribution in [-0.4, -0.2) is 15.4 Å². The van der Waals surface area contributed by atoms with Gasteiger partial charge in [-0.2, -0.15) is 15.4 Å². The predicted molar refractivity (Wildman–Crippen MR) is 77.1 cm³/mol. The highest BCUT2D eigenvalue weighted by Gasteiger charge is 2.12.